The molecular weight excluding hydrogens is 483 g/mol. The van der Waals surface area contributed by atoms with Crippen molar-refractivity contribution < 1.29 is 19.1 Å². The molecule has 0 bridgehead atoms. The summed E-state index contributed by atoms with van der Waals surface area (Å²) in [5.74, 6) is -1.39. The van der Waals surface area contributed by atoms with Crippen LogP contribution in [0.4, 0.5) is 4.39 Å². The Morgan fingerprint density at radius 1 is 1.08 bits per heavy atom. The van der Waals surface area contributed by atoms with Crippen molar-refractivity contribution in [1.82, 2.24) is 19.5 Å². The number of pyridine rings is 1. The predicted molar refractivity (Wildman–Crippen MR) is 138 cm³/mol. The normalized spacial score (nSPS) is 22.4. The molecule has 2 aliphatic carbocycles. The largest absolute Gasteiger partial charge is 0.481 e. The van der Waals surface area contributed by atoms with Gasteiger partial charge in [0.05, 0.1) is 17.5 Å². The van der Waals surface area contributed by atoms with E-state index in [-0.39, 0.29) is 29.3 Å². The second-order valence-electron chi connectivity index (χ2n) is 10.8. The number of aliphatic carboxylic acids is 1. The van der Waals surface area contributed by atoms with Gasteiger partial charge < -0.3 is 10.0 Å². The molecule has 0 spiro atoms. The van der Waals surface area contributed by atoms with Crippen LogP contribution in [0.15, 0.2) is 54.6 Å². The van der Waals surface area contributed by atoms with E-state index < -0.39 is 17.7 Å². The molecule has 7 nitrogen and oxygen atoms in total. The van der Waals surface area contributed by atoms with E-state index in [0.717, 1.165) is 25.0 Å². The Morgan fingerprint density at radius 2 is 1.89 bits per heavy atom. The lowest BCUT2D eigenvalue weighted by molar-refractivity contribution is -0.138. The van der Waals surface area contributed by atoms with Gasteiger partial charge in [0.2, 0.25) is 0 Å². The molecule has 192 valence electrons. The van der Waals surface area contributed by atoms with Crippen LogP contribution in [0.3, 0.4) is 0 Å². The van der Waals surface area contributed by atoms with Crippen LogP contribution in [0.2, 0.25) is 0 Å². The van der Waals surface area contributed by atoms with Gasteiger partial charge in [0, 0.05) is 23.7 Å². The minimum absolute atomic E-state index is 0.0266. The Bertz CT molecular complexity index is 1630. The highest BCUT2D eigenvalue weighted by molar-refractivity contribution is 5.96. The zero-order valence-corrected chi connectivity index (χ0v) is 21.0. The van der Waals surface area contributed by atoms with Crippen LogP contribution < -0.4 is 0 Å². The highest BCUT2D eigenvalue weighted by Gasteiger charge is 2.44. The van der Waals surface area contributed by atoms with Gasteiger partial charge in [0.15, 0.2) is 11.5 Å². The number of halogens is 1. The van der Waals surface area contributed by atoms with Gasteiger partial charge in [-0.15, -0.1) is 5.10 Å². The van der Waals surface area contributed by atoms with Crippen molar-refractivity contribution in [2.24, 2.45) is 5.92 Å². The molecule has 8 heteroatoms. The molecule has 4 aromatic rings. The summed E-state index contributed by atoms with van der Waals surface area (Å²) in [7, 11) is 0. The summed E-state index contributed by atoms with van der Waals surface area (Å²) >= 11 is 0. The number of amides is 1. The molecule has 1 unspecified atom stereocenters. The van der Waals surface area contributed by atoms with Crippen LogP contribution in [-0.2, 0) is 11.2 Å². The smallest absolute Gasteiger partial charge is 0.307 e. The Labute approximate surface area is 218 Å². The second kappa shape index (κ2) is 8.48. The van der Waals surface area contributed by atoms with Gasteiger partial charge in [0.1, 0.15) is 5.82 Å². The van der Waals surface area contributed by atoms with Crippen LogP contribution in [0.25, 0.3) is 17.0 Å². The van der Waals surface area contributed by atoms with E-state index in [4.69, 9.17) is 0 Å². The molecule has 2 saturated carbocycles. The van der Waals surface area contributed by atoms with Crippen molar-refractivity contribution >= 4 is 17.5 Å². The van der Waals surface area contributed by atoms with Crippen LogP contribution in [0.1, 0.15) is 76.8 Å². The molecule has 2 aromatic heterocycles. The first-order valence-corrected chi connectivity index (χ1v) is 13.2. The summed E-state index contributed by atoms with van der Waals surface area (Å²) in [6.07, 6.45) is 3.39. The number of fused-ring (bicyclic) bond motifs is 2. The fraction of sp³-hybridized carbons (Fsp3) is 0.333. The fourth-order valence-electron chi connectivity index (χ4n) is 5.91. The molecule has 38 heavy (non-hydrogen) atoms. The van der Waals surface area contributed by atoms with E-state index in [1.165, 1.54) is 17.2 Å². The van der Waals surface area contributed by atoms with Gasteiger partial charge in [-0.2, -0.15) is 0 Å². The molecule has 3 aliphatic rings. The van der Waals surface area contributed by atoms with E-state index in [1.807, 2.05) is 23.1 Å². The van der Waals surface area contributed by atoms with Crippen molar-refractivity contribution in [1.29, 1.82) is 0 Å². The van der Waals surface area contributed by atoms with E-state index in [1.54, 1.807) is 22.7 Å². The number of hydrogen-bond acceptors (Lipinski definition) is 4. The maximum Gasteiger partial charge on any atom is 0.307 e. The molecule has 3 atom stereocenters. The van der Waals surface area contributed by atoms with Gasteiger partial charge in [0.25, 0.3) is 5.91 Å². The number of benzene rings is 2. The maximum atomic E-state index is 15.2. The number of carbonyl (C=O) groups excluding carboxylic acids is 1. The van der Waals surface area contributed by atoms with Gasteiger partial charge in [-0.3, -0.25) is 9.59 Å². The van der Waals surface area contributed by atoms with Crippen LogP contribution in [0.5, 0.6) is 0 Å². The first-order valence-electron chi connectivity index (χ1n) is 13.2. The van der Waals surface area contributed by atoms with Crippen molar-refractivity contribution in [3.63, 3.8) is 0 Å². The highest BCUT2D eigenvalue weighted by atomic mass is 19.1. The van der Waals surface area contributed by atoms with Crippen molar-refractivity contribution in [3.05, 3.63) is 88.4 Å². The summed E-state index contributed by atoms with van der Waals surface area (Å²) in [6, 6.07) is 16.7. The molecule has 0 radical (unpaired) electrons. The van der Waals surface area contributed by atoms with Crippen molar-refractivity contribution in [2.75, 3.05) is 6.54 Å². The average Bonchev–Trinajstić information content (AvgIpc) is 3.84. The van der Waals surface area contributed by atoms with E-state index >= 15 is 4.39 Å². The lowest BCUT2D eigenvalue weighted by Gasteiger charge is -2.35. The van der Waals surface area contributed by atoms with E-state index in [2.05, 4.69) is 29.1 Å². The number of carbonyl (C=O) groups is 2. The van der Waals surface area contributed by atoms with Crippen LogP contribution in [-0.4, -0.2) is 43.0 Å². The van der Waals surface area contributed by atoms with E-state index in [0.29, 0.717) is 35.7 Å². The monoisotopic (exact) mass is 510 g/mol. The van der Waals surface area contributed by atoms with Crippen LogP contribution >= 0.6 is 0 Å². The van der Waals surface area contributed by atoms with E-state index in [9.17, 15) is 14.7 Å². The SMILES string of the molecule is C[C@@H]1c2ccccc2CCN1C(=O)c1cc(C2CC2)n2nc(-c3ccc(C4C[C@@H]4C(=O)O)cc3F)nc2c1. The Kier molecular flexibility index (Phi) is 5.15. The first kappa shape index (κ1) is 23.1. The number of aromatic nitrogens is 3. The lowest BCUT2D eigenvalue weighted by Crippen LogP contribution is -2.38. The van der Waals surface area contributed by atoms with Gasteiger partial charge >= 0.3 is 5.97 Å². The van der Waals surface area contributed by atoms with Crippen molar-refractivity contribution in [2.45, 2.75) is 50.5 Å². The van der Waals surface area contributed by atoms with Gasteiger partial charge in [-0.05, 0) is 79.5 Å². The van der Waals surface area contributed by atoms with Gasteiger partial charge in [-0.25, -0.2) is 13.9 Å². The molecule has 2 fully saturated rings. The number of carboxylic acid groups (broad SMARTS) is 1. The first-order chi connectivity index (χ1) is 18.4. The Balaban J connectivity index is 1.23. The number of carboxylic acids is 1. The van der Waals surface area contributed by atoms with Crippen LogP contribution in [0, 0.1) is 11.7 Å². The molecular formula is C30H27FN4O3. The third-order valence-corrected chi connectivity index (χ3v) is 8.33. The Morgan fingerprint density at radius 3 is 2.63 bits per heavy atom. The fourth-order valence-corrected chi connectivity index (χ4v) is 5.91. The molecule has 0 saturated heterocycles. The molecule has 1 N–H and O–H groups in total. The quantitative estimate of drug-likeness (QED) is 0.391. The predicted octanol–water partition coefficient (Wildman–Crippen LogP) is 5.36. The number of hydrogen-bond donors (Lipinski definition) is 1. The average molecular weight is 511 g/mol. The second-order valence-corrected chi connectivity index (χ2v) is 10.8. The molecule has 1 aliphatic heterocycles. The summed E-state index contributed by atoms with van der Waals surface area (Å²) in [6.45, 7) is 2.72. The maximum absolute atomic E-state index is 15.2. The summed E-state index contributed by atoms with van der Waals surface area (Å²) in [5.41, 5.74) is 5.44. The number of nitrogens with zero attached hydrogens (tertiary/aromatic N) is 4. The standard InChI is InChI=1S/C30H27FN4O3/c1-16-21-5-3-2-4-17(21)10-11-34(16)29(36)20-13-26(18-6-7-18)35-27(14-20)32-28(33-35)22-9-8-19(12-25(22)31)23-15-24(23)30(37)38/h2-5,8-9,12-14,16,18,23-24H,6-7,10-11,15H2,1H3,(H,37,38)/t16-,23?,24+/m1/s1. The summed E-state index contributed by atoms with van der Waals surface area (Å²) < 4.78 is 16.9. The lowest BCUT2D eigenvalue weighted by atomic mass is 9.93. The summed E-state index contributed by atoms with van der Waals surface area (Å²) in [5, 5.41) is 13.8. The third kappa shape index (κ3) is 3.78. The van der Waals surface area contributed by atoms with Crippen molar-refractivity contribution in [3.8, 4) is 11.4 Å². The molecule has 3 heterocycles. The highest BCUT2D eigenvalue weighted by Crippen LogP contribution is 2.48. The summed E-state index contributed by atoms with van der Waals surface area (Å²) in [4.78, 5) is 31.5. The molecule has 7 rings (SSSR count). The topological polar surface area (TPSA) is 87.8 Å². The zero-order chi connectivity index (χ0) is 26.1. The molecule has 2 aromatic carbocycles. The van der Waals surface area contributed by atoms with Gasteiger partial charge in [-0.1, -0.05) is 30.3 Å². The minimum atomic E-state index is -0.845. The number of rotatable bonds is 5. The zero-order valence-electron chi connectivity index (χ0n) is 21.0. The Hall–Kier alpha value is -4.07. The molecule has 1 amide bonds. The third-order valence-electron chi connectivity index (χ3n) is 8.33. The minimum Gasteiger partial charge on any atom is -0.481 e.